The minimum atomic E-state index is -1.14. The Morgan fingerprint density at radius 3 is 2.44 bits per heavy atom. The van der Waals surface area contributed by atoms with Gasteiger partial charge < -0.3 is 20.3 Å². The van der Waals surface area contributed by atoms with Gasteiger partial charge in [-0.15, -0.1) is 0 Å². The van der Waals surface area contributed by atoms with Crippen molar-refractivity contribution in [2.75, 3.05) is 13.1 Å². The second-order valence-electron chi connectivity index (χ2n) is 6.06. The first-order chi connectivity index (χ1) is 13.0. The van der Waals surface area contributed by atoms with Crippen LogP contribution in [0.2, 0.25) is 0 Å². The third-order valence-corrected chi connectivity index (χ3v) is 4.08. The van der Waals surface area contributed by atoms with Gasteiger partial charge in [0.2, 0.25) is 5.91 Å². The summed E-state index contributed by atoms with van der Waals surface area (Å²) >= 11 is 0. The Balaban J connectivity index is 1.70. The lowest BCUT2D eigenvalue weighted by Crippen LogP contribution is -2.39. The van der Waals surface area contributed by atoms with E-state index in [4.69, 9.17) is 5.11 Å². The number of hydrogen-bond donors (Lipinski definition) is 3. The van der Waals surface area contributed by atoms with Gasteiger partial charge in [-0.3, -0.25) is 14.4 Å². The highest BCUT2D eigenvalue weighted by Crippen LogP contribution is 2.19. The van der Waals surface area contributed by atoms with E-state index in [0.29, 0.717) is 12.1 Å². The molecule has 2 aromatic carbocycles. The molecule has 3 N–H and O–H groups in total. The zero-order chi connectivity index (χ0) is 19.2. The maximum Gasteiger partial charge on any atom is 0.322 e. The summed E-state index contributed by atoms with van der Waals surface area (Å²) in [7, 11) is 0. The van der Waals surface area contributed by atoms with Crippen LogP contribution in [0, 0.1) is 0 Å². The number of carbonyl (C=O) groups excluding carboxylic acids is 2. The predicted octanol–water partition coefficient (Wildman–Crippen LogP) is 1.62. The molecule has 0 unspecified atom stereocenters. The summed E-state index contributed by atoms with van der Waals surface area (Å²) in [6.45, 7) is -0.0736. The van der Waals surface area contributed by atoms with Crippen molar-refractivity contribution in [2.45, 2.75) is 6.54 Å². The molecule has 27 heavy (non-hydrogen) atoms. The highest BCUT2D eigenvalue weighted by Gasteiger charge is 2.11. The van der Waals surface area contributed by atoms with Gasteiger partial charge in [-0.2, -0.15) is 0 Å². The van der Waals surface area contributed by atoms with Crippen molar-refractivity contribution in [3.8, 4) is 0 Å². The first-order valence-corrected chi connectivity index (χ1v) is 8.42. The minimum absolute atomic E-state index is 0.283. The number of benzene rings is 2. The van der Waals surface area contributed by atoms with E-state index in [1.165, 1.54) is 0 Å². The van der Waals surface area contributed by atoms with E-state index in [0.717, 1.165) is 16.5 Å². The van der Waals surface area contributed by atoms with Crippen LogP contribution in [0.3, 0.4) is 0 Å². The highest BCUT2D eigenvalue weighted by atomic mass is 16.4. The van der Waals surface area contributed by atoms with Crippen LogP contribution >= 0.6 is 0 Å². The average Bonchev–Trinajstić information content (AvgIpc) is 3.07. The maximum atomic E-state index is 12.3. The van der Waals surface area contributed by atoms with Crippen molar-refractivity contribution in [1.82, 2.24) is 15.2 Å². The number of carbonyl (C=O) groups is 3. The molecule has 0 aliphatic heterocycles. The predicted molar refractivity (Wildman–Crippen MR) is 100 cm³/mol. The Labute approximate surface area is 155 Å². The summed E-state index contributed by atoms with van der Waals surface area (Å²) in [4.78, 5) is 34.2. The number of nitrogens with zero attached hydrogens (tertiary/aromatic N) is 1. The number of rotatable bonds is 7. The molecule has 1 heterocycles. The Morgan fingerprint density at radius 1 is 0.926 bits per heavy atom. The fraction of sp³-hybridized carbons (Fsp3) is 0.150. The molecular formula is C20H19N3O4. The summed E-state index contributed by atoms with van der Waals surface area (Å²) in [6, 6.07) is 17.3. The molecule has 138 valence electrons. The molecule has 3 aromatic rings. The number of carboxylic acid groups (broad SMARTS) is 1. The summed E-state index contributed by atoms with van der Waals surface area (Å²) in [5, 5.41) is 14.2. The molecule has 1 aromatic heterocycles. The van der Waals surface area contributed by atoms with Gasteiger partial charge in [0.15, 0.2) is 0 Å². The quantitative estimate of drug-likeness (QED) is 0.592. The SMILES string of the molecule is O=C(O)CNC(=O)CNC(=O)c1ccc2ccn(Cc3ccccc3)c2c1. The van der Waals surface area contributed by atoms with Gasteiger partial charge in [-0.25, -0.2) is 0 Å². The number of aliphatic carboxylic acids is 1. The van der Waals surface area contributed by atoms with Crippen molar-refractivity contribution in [2.24, 2.45) is 0 Å². The van der Waals surface area contributed by atoms with Crippen LogP contribution in [0.4, 0.5) is 0 Å². The maximum absolute atomic E-state index is 12.3. The molecule has 0 fully saturated rings. The van der Waals surface area contributed by atoms with Crippen molar-refractivity contribution < 1.29 is 19.5 Å². The van der Waals surface area contributed by atoms with Gasteiger partial charge in [0.1, 0.15) is 6.54 Å². The fourth-order valence-corrected chi connectivity index (χ4v) is 2.74. The number of aromatic nitrogens is 1. The van der Waals surface area contributed by atoms with Crippen molar-refractivity contribution in [1.29, 1.82) is 0 Å². The lowest BCUT2D eigenvalue weighted by molar-refractivity contribution is -0.137. The fourth-order valence-electron chi connectivity index (χ4n) is 2.74. The number of nitrogens with one attached hydrogen (secondary N) is 2. The van der Waals surface area contributed by atoms with Crippen LogP contribution in [0.1, 0.15) is 15.9 Å². The van der Waals surface area contributed by atoms with Crippen LogP contribution in [-0.4, -0.2) is 40.5 Å². The number of fused-ring (bicyclic) bond motifs is 1. The molecule has 0 saturated carbocycles. The molecule has 7 nitrogen and oxygen atoms in total. The number of hydrogen-bond acceptors (Lipinski definition) is 3. The molecule has 0 saturated heterocycles. The zero-order valence-corrected chi connectivity index (χ0v) is 14.5. The smallest absolute Gasteiger partial charge is 0.322 e. The number of amides is 2. The molecule has 0 aliphatic rings. The second-order valence-corrected chi connectivity index (χ2v) is 6.06. The van der Waals surface area contributed by atoms with Crippen LogP contribution < -0.4 is 10.6 Å². The molecule has 7 heteroatoms. The molecule has 3 rings (SSSR count). The Morgan fingerprint density at radius 2 is 1.70 bits per heavy atom. The lowest BCUT2D eigenvalue weighted by Gasteiger charge is -2.08. The Bertz CT molecular complexity index is 979. The average molecular weight is 365 g/mol. The third kappa shape index (κ3) is 4.72. The standard InChI is InChI=1S/C20H19N3O4/c24-18(21-12-19(25)26)11-22-20(27)16-7-6-15-8-9-23(17(15)10-16)13-14-4-2-1-3-5-14/h1-10H,11-13H2,(H,21,24)(H,22,27)(H,25,26). The van der Waals surface area contributed by atoms with Gasteiger partial charge >= 0.3 is 5.97 Å². The van der Waals surface area contributed by atoms with E-state index < -0.39 is 24.3 Å². The van der Waals surface area contributed by atoms with Crippen LogP contribution in [0.25, 0.3) is 10.9 Å². The monoisotopic (exact) mass is 365 g/mol. The van der Waals surface area contributed by atoms with E-state index in [2.05, 4.69) is 15.2 Å². The lowest BCUT2D eigenvalue weighted by atomic mass is 10.1. The van der Waals surface area contributed by atoms with Gasteiger partial charge in [0.05, 0.1) is 6.54 Å². The Kier molecular flexibility index (Phi) is 5.51. The van der Waals surface area contributed by atoms with Crippen LogP contribution in [0.15, 0.2) is 60.8 Å². The molecule has 0 radical (unpaired) electrons. The van der Waals surface area contributed by atoms with Gasteiger partial charge in [-0.05, 0) is 29.1 Å². The van der Waals surface area contributed by atoms with Gasteiger partial charge in [0.25, 0.3) is 5.91 Å². The third-order valence-electron chi connectivity index (χ3n) is 4.08. The number of carboxylic acids is 1. The van der Waals surface area contributed by atoms with E-state index in [1.54, 1.807) is 12.1 Å². The molecule has 0 bridgehead atoms. The van der Waals surface area contributed by atoms with E-state index in [-0.39, 0.29) is 6.54 Å². The summed E-state index contributed by atoms with van der Waals surface area (Å²) in [6.07, 6.45) is 1.97. The van der Waals surface area contributed by atoms with Crippen molar-refractivity contribution in [3.63, 3.8) is 0 Å². The largest absolute Gasteiger partial charge is 0.480 e. The van der Waals surface area contributed by atoms with Gasteiger partial charge in [0, 0.05) is 23.8 Å². The second kappa shape index (κ2) is 8.18. The van der Waals surface area contributed by atoms with Gasteiger partial charge in [-0.1, -0.05) is 36.4 Å². The first kappa shape index (κ1) is 18.2. The molecular weight excluding hydrogens is 346 g/mol. The molecule has 0 spiro atoms. The van der Waals surface area contributed by atoms with E-state index >= 15 is 0 Å². The van der Waals surface area contributed by atoms with E-state index in [1.807, 2.05) is 48.7 Å². The normalized spacial score (nSPS) is 10.5. The molecule has 2 amide bonds. The van der Waals surface area contributed by atoms with E-state index in [9.17, 15) is 14.4 Å². The van der Waals surface area contributed by atoms with Crippen molar-refractivity contribution in [3.05, 3.63) is 71.9 Å². The Hall–Kier alpha value is -3.61. The van der Waals surface area contributed by atoms with Crippen LogP contribution in [0.5, 0.6) is 0 Å². The van der Waals surface area contributed by atoms with Crippen LogP contribution in [-0.2, 0) is 16.1 Å². The summed E-state index contributed by atoms with van der Waals surface area (Å²) in [5.41, 5.74) is 2.50. The highest BCUT2D eigenvalue weighted by molar-refractivity contribution is 5.99. The summed E-state index contributed by atoms with van der Waals surface area (Å²) < 4.78 is 2.06. The first-order valence-electron chi connectivity index (χ1n) is 8.42. The topological polar surface area (TPSA) is 100 Å². The summed E-state index contributed by atoms with van der Waals surface area (Å²) in [5.74, 6) is -2.09. The van der Waals surface area contributed by atoms with Crippen molar-refractivity contribution >= 4 is 28.7 Å². The minimum Gasteiger partial charge on any atom is -0.480 e. The molecule has 0 aliphatic carbocycles. The molecule has 0 atom stereocenters. The zero-order valence-electron chi connectivity index (χ0n) is 14.5.